The molecule has 1 saturated heterocycles. The molecule has 0 bridgehead atoms. The number of carbonyl (C=O) groups excluding carboxylic acids is 2. The zero-order valence-electron chi connectivity index (χ0n) is 16.4. The smallest absolute Gasteiger partial charge is 0.317 e. The van der Waals surface area contributed by atoms with Gasteiger partial charge in [-0.1, -0.05) is 24.3 Å². The van der Waals surface area contributed by atoms with Crippen LogP contribution in [0.15, 0.2) is 48.5 Å². The molecule has 3 amide bonds. The number of nitrogens with zero attached hydrogens (tertiary/aromatic N) is 1. The maximum Gasteiger partial charge on any atom is 0.317 e. The molecule has 1 unspecified atom stereocenters. The molecule has 1 heterocycles. The van der Waals surface area contributed by atoms with E-state index >= 15 is 0 Å². The number of carbonyl (C=O) groups is 2. The fraction of sp³-hybridized carbons (Fsp3) is 0.364. The SMILES string of the molecule is CNC(=O)N1CCCC(c2cccc(C(=O)NCc3ccc(OC)cc3)c2)C1. The molecular weight excluding hydrogens is 354 g/mol. The first-order valence-electron chi connectivity index (χ1n) is 9.58. The van der Waals surface area contributed by atoms with Gasteiger partial charge in [-0.15, -0.1) is 0 Å². The molecule has 0 spiro atoms. The summed E-state index contributed by atoms with van der Waals surface area (Å²) < 4.78 is 5.15. The molecule has 2 N–H and O–H groups in total. The number of nitrogens with one attached hydrogen (secondary N) is 2. The number of benzene rings is 2. The van der Waals surface area contributed by atoms with Crippen LogP contribution in [-0.2, 0) is 6.54 Å². The van der Waals surface area contributed by atoms with Crippen LogP contribution >= 0.6 is 0 Å². The topological polar surface area (TPSA) is 70.7 Å². The molecule has 1 aliphatic rings. The Morgan fingerprint density at radius 1 is 1.18 bits per heavy atom. The lowest BCUT2D eigenvalue weighted by molar-refractivity contribution is 0.0950. The van der Waals surface area contributed by atoms with E-state index in [-0.39, 0.29) is 17.9 Å². The molecule has 2 aromatic rings. The Balaban J connectivity index is 1.63. The molecule has 0 aromatic heterocycles. The first-order valence-corrected chi connectivity index (χ1v) is 9.58. The van der Waals surface area contributed by atoms with Crippen LogP contribution in [0.2, 0.25) is 0 Å². The van der Waals surface area contributed by atoms with Gasteiger partial charge in [0, 0.05) is 38.2 Å². The summed E-state index contributed by atoms with van der Waals surface area (Å²) in [6.07, 6.45) is 1.98. The molecule has 1 aliphatic heterocycles. The Morgan fingerprint density at radius 2 is 1.96 bits per heavy atom. The Bertz CT molecular complexity index is 820. The molecule has 0 aliphatic carbocycles. The van der Waals surface area contributed by atoms with Gasteiger partial charge in [-0.2, -0.15) is 0 Å². The van der Waals surface area contributed by atoms with E-state index in [4.69, 9.17) is 4.74 Å². The minimum atomic E-state index is -0.100. The Labute approximate surface area is 165 Å². The maximum absolute atomic E-state index is 12.6. The number of hydrogen-bond donors (Lipinski definition) is 2. The van der Waals surface area contributed by atoms with Crippen LogP contribution in [0.4, 0.5) is 4.79 Å². The third kappa shape index (κ3) is 4.82. The van der Waals surface area contributed by atoms with Crippen molar-refractivity contribution in [3.63, 3.8) is 0 Å². The summed E-state index contributed by atoms with van der Waals surface area (Å²) in [5.41, 5.74) is 2.76. The Hall–Kier alpha value is -3.02. The molecule has 6 heteroatoms. The Morgan fingerprint density at radius 3 is 2.68 bits per heavy atom. The van der Waals surface area contributed by atoms with Crippen molar-refractivity contribution in [1.29, 1.82) is 0 Å². The average Bonchev–Trinajstić information content (AvgIpc) is 2.77. The van der Waals surface area contributed by atoms with E-state index in [0.29, 0.717) is 18.7 Å². The predicted octanol–water partition coefficient (Wildman–Crippen LogP) is 3.14. The molecule has 28 heavy (non-hydrogen) atoms. The van der Waals surface area contributed by atoms with Gasteiger partial charge in [0.1, 0.15) is 5.75 Å². The molecular formula is C22H27N3O3. The van der Waals surface area contributed by atoms with Crippen LogP contribution in [0.3, 0.4) is 0 Å². The third-order valence-electron chi connectivity index (χ3n) is 5.15. The number of amides is 3. The summed E-state index contributed by atoms with van der Waals surface area (Å²) >= 11 is 0. The lowest BCUT2D eigenvalue weighted by Gasteiger charge is -2.32. The summed E-state index contributed by atoms with van der Waals surface area (Å²) in [7, 11) is 3.28. The standard InChI is InChI=1S/C22H27N3O3/c1-23-22(27)25-12-4-7-19(15-25)17-5-3-6-18(13-17)21(26)24-14-16-8-10-20(28-2)11-9-16/h3,5-6,8-11,13,19H,4,7,12,14-15H2,1-2H3,(H,23,27)(H,24,26). The average molecular weight is 381 g/mol. The molecule has 1 atom stereocenters. The van der Waals surface area contributed by atoms with Gasteiger partial charge in [0.05, 0.1) is 7.11 Å². The highest BCUT2D eigenvalue weighted by Gasteiger charge is 2.24. The van der Waals surface area contributed by atoms with Crippen molar-refractivity contribution in [2.45, 2.75) is 25.3 Å². The molecule has 6 nitrogen and oxygen atoms in total. The van der Waals surface area contributed by atoms with Crippen molar-refractivity contribution >= 4 is 11.9 Å². The second-order valence-electron chi connectivity index (χ2n) is 7.00. The summed E-state index contributed by atoms with van der Waals surface area (Å²) in [5, 5.41) is 5.66. The summed E-state index contributed by atoms with van der Waals surface area (Å²) in [6.45, 7) is 1.91. The molecule has 148 valence electrons. The van der Waals surface area contributed by atoms with E-state index in [9.17, 15) is 9.59 Å². The summed E-state index contributed by atoms with van der Waals surface area (Å²) in [5.74, 6) is 0.943. The normalized spacial score (nSPS) is 16.4. The van der Waals surface area contributed by atoms with Gasteiger partial charge in [0.25, 0.3) is 5.91 Å². The van der Waals surface area contributed by atoms with Crippen molar-refractivity contribution in [3.05, 3.63) is 65.2 Å². The molecule has 1 fully saturated rings. The zero-order valence-corrected chi connectivity index (χ0v) is 16.4. The van der Waals surface area contributed by atoms with Crippen molar-refractivity contribution in [2.75, 3.05) is 27.2 Å². The molecule has 3 rings (SSSR count). The fourth-order valence-corrected chi connectivity index (χ4v) is 3.55. The lowest BCUT2D eigenvalue weighted by atomic mass is 9.89. The van der Waals surface area contributed by atoms with E-state index in [1.54, 1.807) is 14.2 Å². The number of methoxy groups -OCH3 is 1. The maximum atomic E-state index is 12.6. The highest BCUT2D eigenvalue weighted by molar-refractivity contribution is 5.94. The third-order valence-corrected chi connectivity index (χ3v) is 5.15. The van der Waals surface area contributed by atoms with E-state index in [0.717, 1.165) is 36.3 Å². The molecule has 0 saturated carbocycles. The van der Waals surface area contributed by atoms with E-state index in [1.165, 1.54) is 0 Å². The largest absolute Gasteiger partial charge is 0.497 e. The fourth-order valence-electron chi connectivity index (χ4n) is 3.55. The van der Waals surface area contributed by atoms with Gasteiger partial charge in [0.2, 0.25) is 0 Å². The van der Waals surface area contributed by atoms with Crippen LogP contribution in [-0.4, -0.2) is 44.1 Å². The predicted molar refractivity (Wildman–Crippen MR) is 109 cm³/mol. The van der Waals surface area contributed by atoms with Gasteiger partial charge < -0.3 is 20.3 Å². The van der Waals surface area contributed by atoms with Crippen molar-refractivity contribution in [3.8, 4) is 5.75 Å². The van der Waals surface area contributed by atoms with E-state index < -0.39 is 0 Å². The number of ether oxygens (including phenoxy) is 1. The Kier molecular flexibility index (Phi) is 6.53. The lowest BCUT2D eigenvalue weighted by Crippen LogP contribution is -2.43. The minimum absolute atomic E-state index is 0.0434. The highest BCUT2D eigenvalue weighted by Crippen LogP contribution is 2.27. The molecule has 0 radical (unpaired) electrons. The minimum Gasteiger partial charge on any atom is -0.497 e. The number of hydrogen-bond acceptors (Lipinski definition) is 3. The quantitative estimate of drug-likeness (QED) is 0.836. The number of piperidine rings is 1. The first kappa shape index (κ1) is 19.7. The summed E-state index contributed by atoms with van der Waals surface area (Å²) in [4.78, 5) is 26.3. The number of likely N-dealkylation sites (tertiary alicyclic amines) is 1. The van der Waals surface area contributed by atoms with E-state index in [1.807, 2.05) is 53.4 Å². The monoisotopic (exact) mass is 381 g/mol. The van der Waals surface area contributed by atoms with E-state index in [2.05, 4.69) is 10.6 Å². The van der Waals surface area contributed by atoms with Crippen molar-refractivity contribution in [2.24, 2.45) is 0 Å². The highest BCUT2D eigenvalue weighted by atomic mass is 16.5. The van der Waals surface area contributed by atoms with Gasteiger partial charge in [-0.05, 0) is 48.2 Å². The van der Waals surface area contributed by atoms with Gasteiger partial charge >= 0.3 is 6.03 Å². The number of rotatable bonds is 5. The van der Waals surface area contributed by atoms with Gasteiger partial charge in [0.15, 0.2) is 0 Å². The van der Waals surface area contributed by atoms with Crippen LogP contribution in [0.25, 0.3) is 0 Å². The zero-order chi connectivity index (χ0) is 19.9. The van der Waals surface area contributed by atoms with Gasteiger partial charge in [-0.3, -0.25) is 4.79 Å². The van der Waals surface area contributed by atoms with Gasteiger partial charge in [-0.25, -0.2) is 4.79 Å². The van der Waals surface area contributed by atoms with Crippen LogP contribution in [0.1, 0.15) is 40.2 Å². The second-order valence-corrected chi connectivity index (χ2v) is 7.00. The van der Waals surface area contributed by atoms with Crippen LogP contribution < -0.4 is 15.4 Å². The van der Waals surface area contributed by atoms with Crippen molar-refractivity contribution in [1.82, 2.24) is 15.5 Å². The van der Waals surface area contributed by atoms with Crippen LogP contribution in [0.5, 0.6) is 5.75 Å². The second kappa shape index (κ2) is 9.26. The van der Waals surface area contributed by atoms with Crippen molar-refractivity contribution < 1.29 is 14.3 Å². The van der Waals surface area contributed by atoms with Crippen LogP contribution in [0, 0.1) is 0 Å². The summed E-state index contributed by atoms with van der Waals surface area (Å²) in [6, 6.07) is 15.3. The first-order chi connectivity index (χ1) is 13.6. The number of urea groups is 1. The molecule has 2 aromatic carbocycles.